The van der Waals surface area contributed by atoms with Crippen molar-refractivity contribution in [2.45, 2.75) is 36.7 Å². The second-order valence-electron chi connectivity index (χ2n) is 5.10. The largest absolute Gasteiger partial charge is 0.393 e. The van der Waals surface area contributed by atoms with Gasteiger partial charge in [-0.2, -0.15) is 5.26 Å². The Labute approximate surface area is 119 Å². The molecule has 2 unspecified atom stereocenters. The first kappa shape index (κ1) is 15.0. The van der Waals surface area contributed by atoms with Crippen LogP contribution >= 0.6 is 0 Å². The zero-order valence-electron chi connectivity index (χ0n) is 11.1. The van der Waals surface area contributed by atoms with Crippen molar-refractivity contribution in [1.29, 1.82) is 5.26 Å². The minimum atomic E-state index is -3.58. The van der Waals surface area contributed by atoms with E-state index < -0.39 is 16.1 Å². The molecule has 2 atom stereocenters. The van der Waals surface area contributed by atoms with Crippen molar-refractivity contribution in [1.82, 2.24) is 4.72 Å². The Balaban J connectivity index is 2.01. The van der Waals surface area contributed by atoms with Crippen molar-refractivity contribution in [2.24, 2.45) is 5.92 Å². The lowest BCUT2D eigenvalue weighted by molar-refractivity contribution is 0.0724. The fourth-order valence-electron chi connectivity index (χ4n) is 2.43. The van der Waals surface area contributed by atoms with Crippen molar-refractivity contribution >= 4 is 10.0 Å². The number of hydrogen-bond donors (Lipinski definition) is 2. The summed E-state index contributed by atoms with van der Waals surface area (Å²) in [6, 6.07) is 7.73. The summed E-state index contributed by atoms with van der Waals surface area (Å²) in [6.45, 7) is 0.253. The standard InChI is InChI=1S/C14H18N2O3S/c15-9-11-5-7-13(8-6-11)20(18,19)16-10-12-3-1-2-4-14(12)17/h5-8,12,14,16-17H,1-4,10H2. The Morgan fingerprint density at radius 2 is 1.90 bits per heavy atom. The Hall–Kier alpha value is -1.42. The molecule has 2 rings (SSSR count). The third-order valence-electron chi connectivity index (χ3n) is 3.70. The van der Waals surface area contributed by atoms with E-state index in [2.05, 4.69) is 4.72 Å². The Morgan fingerprint density at radius 3 is 2.50 bits per heavy atom. The second kappa shape index (κ2) is 6.35. The highest BCUT2D eigenvalue weighted by molar-refractivity contribution is 7.89. The van der Waals surface area contributed by atoms with Crippen LogP contribution < -0.4 is 4.72 Å². The molecule has 0 aliphatic heterocycles. The average molecular weight is 294 g/mol. The summed E-state index contributed by atoms with van der Waals surface area (Å²) in [5.41, 5.74) is 0.423. The fraction of sp³-hybridized carbons (Fsp3) is 0.500. The maximum atomic E-state index is 12.1. The molecule has 1 saturated carbocycles. The van der Waals surface area contributed by atoms with E-state index in [1.807, 2.05) is 6.07 Å². The van der Waals surface area contributed by atoms with Crippen LogP contribution in [0.25, 0.3) is 0 Å². The van der Waals surface area contributed by atoms with Crippen LogP contribution in [0.2, 0.25) is 0 Å². The lowest BCUT2D eigenvalue weighted by atomic mass is 9.87. The topological polar surface area (TPSA) is 90.2 Å². The number of benzene rings is 1. The summed E-state index contributed by atoms with van der Waals surface area (Å²) in [5.74, 6) is -0.0168. The highest BCUT2D eigenvalue weighted by Gasteiger charge is 2.25. The van der Waals surface area contributed by atoms with Gasteiger partial charge in [-0.3, -0.25) is 0 Å². The maximum Gasteiger partial charge on any atom is 0.240 e. The van der Waals surface area contributed by atoms with Gasteiger partial charge < -0.3 is 5.11 Å². The molecule has 6 heteroatoms. The summed E-state index contributed by atoms with van der Waals surface area (Å²) in [4.78, 5) is 0.141. The van der Waals surface area contributed by atoms with Gasteiger partial charge in [0.2, 0.25) is 10.0 Å². The average Bonchev–Trinajstić information content (AvgIpc) is 2.46. The van der Waals surface area contributed by atoms with Crippen LogP contribution in [0.5, 0.6) is 0 Å². The van der Waals surface area contributed by atoms with E-state index in [0.29, 0.717) is 5.56 Å². The van der Waals surface area contributed by atoms with Gasteiger partial charge in [-0.1, -0.05) is 12.8 Å². The third-order valence-corrected chi connectivity index (χ3v) is 5.14. The fourth-order valence-corrected chi connectivity index (χ4v) is 3.53. The van der Waals surface area contributed by atoms with E-state index in [-0.39, 0.29) is 17.4 Å². The van der Waals surface area contributed by atoms with Gasteiger partial charge in [0.15, 0.2) is 0 Å². The molecule has 0 radical (unpaired) electrons. The molecule has 1 aliphatic rings. The predicted molar refractivity (Wildman–Crippen MR) is 74.3 cm³/mol. The Morgan fingerprint density at radius 1 is 1.25 bits per heavy atom. The van der Waals surface area contributed by atoms with Crippen molar-refractivity contribution in [3.8, 4) is 6.07 Å². The number of nitriles is 1. The second-order valence-corrected chi connectivity index (χ2v) is 6.87. The first-order valence-electron chi connectivity index (χ1n) is 6.71. The van der Waals surface area contributed by atoms with Crippen LogP contribution in [-0.4, -0.2) is 26.2 Å². The number of sulfonamides is 1. The molecule has 1 fully saturated rings. The molecule has 1 aromatic carbocycles. The maximum absolute atomic E-state index is 12.1. The van der Waals surface area contributed by atoms with Crippen molar-refractivity contribution in [3.05, 3.63) is 29.8 Å². The van der Waals surface area contributed by atoms with E-state index in [1.54, 1.807) is 0 Å². The molecule has 20 heavy (non-hydrogen) atoms. The third kappa shape index (κ3) is 3.57. The van der Waals surface area contributed by atoms with Crippen LogP contribution in [0.15, 0.2) is 29.2 Å². The lowest BCUT2D eigenvalue weighted by Crippen LogP contribution is -2.36. The Kier molecular flexibility index (Phi) is 4.76. The summed E-state index contributed by atoms with van der Waals surface area (Å²) in [6.07, 6.45) is 3.19. The van der Waals surface area contributed by atoms with Crippen LogP contribution in [0.4, 0.5) is 0 Å². The number of rotatable bonds is 4. The van der Waals surface area contributed by atoms with E-state index in [9.17, 15) is 13.5 Å². The van der Waals surface area contributed by atoms with Gasteiger partial charge in [-0.15, -0.1) is 0 Å². The van der Waals surface area contributed by atoms with E-state index >= 15 is 0 Å². The lowest BCUT2D eigenvalue weighted by Gasteiger charge is -2.27. The minimum Gasteiger partial charge on any atom is -0.393 e. The van der Waals surface area contributed by atoms with E-state index in [4.69, 9.17) is 5.26 Å². The molecule has 0 bridgehead atoms. The van der Waals surface area contributed by atoms with Gasteiger partial charge in [0.05, 0.1) is 22.6 Å². The number of nitrogens with one attached hydrogen (secondary N) is 1. The predicted octanol–water partition coefficient (Wildman–Crippen LogP) is 1.39. The summed E-state index contributed by atoms with van der Waals surface area (Å²) in [5, 5.41) is 18.5. The minimum absolute atomic E-state index is 0.0168. The highest BCUT2D eigenvalue weighted by atomic mass is 32.2. The normalized spacial score (nSPS) is 23.2. The van der Waals surface area contributed by atoms with Crippen molar-refractivity contribution < 1.29 is 13.5 Å². The SMILES string of the molecule is N#Cc1ccc(S(=O)(=O)NCC2CCCCC2O)cc1. The van der Waals surface area contributed by atoms with Crippen LogP contribution in [0, 0.1) is 17.2 Å². The molecular formula is C14H18N2O3S. The van der Waals surface area contributed by atoms with Crippen molar-refractivity contribution in [3.63, 3.8) is 0 Å². The number of nitrogens with zero attached hydrogens (tertiary/aromatic N) is 1. The Bertz CT molecular complexity index is 590. The van der Waals surface area contributed by atoms with Gasteiger partial charge in [0.25, 0.3) is 0 Å². The summed E-state index contributed by atoms with van der Waals surface area (Å²) in [7, 11) is -3.58. The molecular weight excluding hydrogens is 276 g/mol. The zero-order chi connectivity index (χ0) is 14.6. The monoisotopic (exact) mass is 294 g/mol. The number of aliphatic hydroxyl groups excluding tert-OH is 1. The van der Waals surface area contributed by atoms with Crippen LogP contribution in [0.3, 0.4) is 0 Å². The number of hydrogen-bond acceptors (Lipinski definition) is 4. The molecule has 108 valence electrons. The van der Waals surface area contributed by atoms with Gasteiger partial charge in [0, 0.05) is 6.54 Å². The molecule has 1 aromatic rings. The van der Waals surface area contributed by atoms with E-state index in [1.165, 1.54) is 24.3 Å². The van der Waals surface area contributed by atoms with Gasteiger partial charge in [-0.05, 0) is 43.0 Å². The quantitative estimate of drug-likeness (QED) is 0.878. The molecule has 0 saturated heterocycles. The zero-order valence-corrected chi connectivity index (χ0v) is 11.9. The molecule has 2 N–H and O–H groups in total. The van der Waals surface area contributed by atoms with Gasteiger partial charge >= 0.3 is 0 Å². The highest BCUT2D eigenvalue weighted by Crippen LogP contribution is 2.24. The summed E-state index contributed by atoms with van der Waals surface area (Å²) >= 11 is 0. The van der Waals surface area contributed by atoms with Crippen LogP contribution in [-0.2, 0) is 10.0 Å². The summed E-state index contributed by atoms with van der Waals surface area (Å²) < 4.78 is 26.8. The first-order valence-corrected chi connectivity index (χ1v) is 8.19. The van der Waals surface area contributed by atoms with E-state index in [0.717, 1.165) is 25.7 Å². The van der Waals surface area contributed by atoms with Crippen LogP contribution in [0.1, 0.15) is 31.2 Å². The smallest absolute Gasteiger partial charge is 0.240 e. The molecule has 5 nitrogen and oxygen atoms in total. The van der Waals surface area contributed by atoms with Crippen molar-refractivity contribution in [2.75, 3.05) is 6.54 Å². The van der Waals surface area contributed by atoms with Gasteiger partial charge in [-0.25, -0.2) is 13.1 Å². The molecule has 0 spiro atoms. The molecule has 0 amide bonds. The molecule has 1 aliphatic carbocycles. The molecule has 0 aromatic heterocycles. The molecule has 0 heterocycles. The first-order chi connectivity index (χ1) is 9.53. The van der Waals surface area contributed by atoms with Gasteiger partial charge in [0.1, 0.15) is 0 Å². The number of aliphatic hydroxyl groups is 1.